The smallest absolute Gasteiger partial charge is 0.302 e. The van der Waals surface area contributed by atoms with Gasteiger partial charge in [-0.15, -0.1) is 5.10 Å². The number of aliphatic imine (C=N–C) groups is 1. The van der Waals surface area contributed by atoms with Crippen molar-refractivity contribution in [2.24, 2.45) is 16.5 Å². The van der Waals surface area contributed by atoms with Crippen molar-refractivity contribution < 1.29 is 9.59 Å². The van der Waals surface area contributed by atoms with Crippen LogP contribution in [0.4, 0.5) is 11.6 Å². The highest BCUT2D eigenvalue weighted by molar-refractivity contribution is 6.31. The molecule has 9 N–H and O–H groups in total. The fraction of sp³-hybridized carbons (Fsp3) is 0.400. The van der Waals surface area contributed by atoms with Crippen molar-refractivity contribution in [3.63, 3.8) is 0 Å². The van der Waals surface area contributed by atoms with Gasteiger partial charge >= 0.3 is 5.91 Å². The summed E-state index contributed by atoms with van der Waals surface area (Å²) in [6, 6.07) is 8.17. The molecule has 3 aromatic rings. The van der Waals surface area contributed by atoms with Crippen molar-refractivity contribution >= 4 is 41.0 Å². The highest BCUT2D eigenvalue weighted by Crippen LogP contribution is 2.19. The van der Waals surface area contributed by atoms with Crippen molar-refractivity contribution in [1.29, 1.82) is 0 Å². The maximum Gasteiger partial charge on any atom is 0.302 e. The lowest BCUT2D eigenvalue weighted by molar-refractivity contribution is -0.130. The summed E-state index contributed by atoms with van der Waals surface area (Å²) in [7, 11) is 1.72. The number of benzene rings is 1. The van der Waals surface area contributed by atoms with Gasteiger partial charge in [0.1, 0.15) is 5.69 Å². The first-order valence-corrected chi connectivity index (χ1v) is 13.4. The Labute approximate surface area is 241 Å². The molecule has 41 heavy (non-hydrogen) atoms. The molecule has 3 heterocycles. The Kier molecular flexibility index (Phi) is 9.65. The number of guanidine groups is 1. The molecule has 1 aliphatic heterocycles. The molecule has 218 valence electrons. The van der Waals surface area contributed by atoms with Gasteiger partial charge in [-0.1, -0.05) is 28.9 Å². The molecule has 0 radical (unpaired) electrons. The number of nitrogens with two attached hydrogens (primary N) is 4. The molecule has 15 nitrogen and oxygen atoms in total. The van der Waals surface area contributed by atoms with Crippen LogP contribution in [0, 0.1) is 0 Å². The van der Waals surface area contributed by atoms with E-state index in [0.717, 1.165) is 38.2 Å². The Morgan fingerprint density at radius 2 is 1.85 bits per heavy atom. The van der Waals surface area contributed by atoms with E-state index in [2.05, 4.69) is 47.6 Å². The van der Waals surface area contributed by atoms with Crippen LogP contribution in [-0.4, -0.2) is 85.3 Å². The van der Waals surface area contributed by atoms with Crippen LogP contribution < -0.4 is 28.3 Å². The third-order valence-corrected chi connectivity index (χ3v) is 6.88. The monoisotopic (exact) mass is 583 g/mol. The Bertz CT molecular complexity index is 1400. The first kappa shape index (κ1) is 29.6. The molecular formula is C25H34ClN13O2. The Hall–Kier alpha value is -4.34. The number of carbonyl (C=O) groups excluding carboxylic acids is 2. The van der Waals surface area contributed by atoms with E-state index < -0.39 is 5.91 Å². The lowest BCUT2D eigenvalue weighted by atomic mass is 10.0. The van der Waals surface area contributed by atoms with Gasteiger partial charge in [-0.05, 0) is 30.5 Å². The van der Waals surface area contributed by atoms with Crippen LogP contribution in [0.1, 0.15) is 41.0 Å². The standard InChI is InChI=1S/C25H34ClN13O2/c1-37(19(40)6-9-27)13-17-14-39(36-35-17)18-4-2-15(3-5-18)12-38-10-7-16(8-11-38)31-25(30)34-24(41)20-22(28)33-23(29)21(26)32-20/h2-5,14,16H,6-13,27H2,1H3,(H4,28,29,33)(H3,30,31,34,41). The second-order valence-corrected chi connectivity index (χ2v) is 10.1. The second-order valence-electron chi connectivity index (χ2n) is 9.74. The summed E-state index contributed by atoms with van der Waals surface area (Å²) in [6.45, 7) is 3.17. The van der Waals surface area contributed by atoms with Crippen LogP contribution in [-0.2, 0) is 17.9 Å². The molecule has 16 heteroatoms. The van der Waals surface area contributed by atoms with Crippen molar-refractivity contribution in [3.05, 3.63) is 52.6 Å². The molecule has 2 aromatic heterocycles. The van der Waals surface area contributed by atoms with E-state index in [0.29, 0.717) is 25.2 Å². The summed E-state index contributed by atoms with van der Waals surface area (Å²) in [5.41, 5.74) is 25.2. The second kappa shape index (κ2) is 13.3. The largest absolute Gasteiger partial charge is 0.382 e. The third kappa shape index (κ3) is 7.87. The number of anilines is 2. The number of nitrogens with one attached hydrogen (secondary N) is 1. The lowest BCUT2D eigenvalue weighted by Gasteiger charge is -2.32. The average molecular weight is 584 g/mol. The number of halogens is 1. The summed E-state index contributed by atoms with van der Waals surface area (Å²) in [6.07, 6.45) is 3.76. The number of nitrogens with zero attached hydrogens (tertiary/aromatic N) is 8. The Balaban J connectivity index is 1.25. The minimum absolute atomic E-state index is 0.0248. The van der Waals surface area contributed by atoms with Gasteiger partial charge in [0.15, 0.2) is 28.4 Å². The highest BCUT2D eigenvalue weighted by atomic mass is 35.5. The van der Waals surface area contributed by atoms with Gasteiger partial charge in [0.25, 0.3) is 0 Å². The fourth-order valence-corrected chi connectivity index (χ4v) is 4.52. The predicted octanol–water partition coefficient (Wildman–Crippen LogP) is -0.109. The number of piperidine rings is 1. The first-order valence-electron chi connectivity index (χ1n) is 13.0. The molecular weight excluding hydrogens is 550 g/mol. The molecule has 1 fully saturated rings. The zero-order chi connectivity index (χ0) is 29.5. The maximum atomic E-state index is 12.4. The van der Waals surface area contributed by atoms with Crippen molar-refractivity contribution in [3.8, 4) is 5.69 Å². The number of hydrogen-bond acceptors (Lipinski definition) is 10. The van der Waals surface area contributed by atoms with Crippen LogP contribution in [0.25, 0.3) is 5.69 Å². The van der Waals surface area contributed by atoms with E-state index in [1.54, 1.807) is 16.6 Å². The number of carbonyl (C=O) groups is 2. The topological polar surface area (TPSA) is 226 Å². The molecule has 0 spiro atoms. The number of nitrogen functional groups attached to an aromatic ring is 2. The highest BCUT2D eigenvalue weighted by Gasteiger charge is 2.21. The maximum absolute atomic E-state index is 12.4. The quantitative estimate of drug-likeness (QED) is 0.164. The summed E-state index contributed by atoms with van der Waals surface area (Å²) in [5, 5.41) is 11.3. The number of amides is 2. The van der Waals surface area contributed by atoms with Gasteiger partial charge in [-0.2, -0.15) is 4.99 Å². The summed E-state index contributed by atoms with van der Waals surface area (Å²) in [4.78, 5) is 39.8. The molecule has 1 saturated heterocycles. The third-order valence-electron chi connectivity index (χ3n) is 6.60. The number of likely N-dealkylation sites (tertiary alicyclic amines) is 1. The van der Waals surface area contributed by atoms with E-state index in [-0.39, 0.29) is 40.4 Å². The van der Waals surface area contributed by atoms with Crippen LogP contribution >= 0.6 is 11.6 Å². The molecule has 0 unspecified atom stereocenters. The number of hydrogen-bond donors (Lipinski definition) is 5. The lowest BCUT2D eigenvalue weighted by Crippen LogP contribution is -2.47. The van der Waals surface area contributed by atoms with Gasteiger partial charge in [0.05, 0.1) is 18.4 Å². The summed E-state index contributed by atoms with van der Waals surface area (Å²) in [5.74, 6) is -1.04. The molecule has 0 saturated carbocycles. The van der Waals surface area contributed by atoms with Gasteiger partial charge in [0, 0.05) is 45.7 Å². The van der Waals surface area contributed by atoms with E-state index >= 15 is 0 Å². The van der Waals surface area contributed by atoms with Crippen molar-refractivity contribution in [2.75, 3.05) is 38.1 Å². The SMILES string of the molecule is CN(Cc1cn(-c2ccc(CN3CCC(NC(N)=NC(=O)c4nc(Cl)c(N)nc4N)CC3)cc2)nn1)C(=O)CCN. The van der Waals surface area contributed by atoms with E-state index in [1.807, 2.05) is 18.3 Å². The van der Waals surface area contributed by atoms with Crippen LogP contribution in [0.5, 0.6) is 0 Å². The van der Waals surface area contributed by atoms with E-state index in [4.69, 9.17) is 34.5 Å². The molecule has 0 atom stereocenters. The molecule has 0 aliphatic carbocycles. The molecule has 1 aromatic carbocycles. The van der Waals surface area contributed by atoms with Crippen molar-refractivity contribution in [2.45, 2.75) is 38.4 Å². The van der Waals surface area contributed by atoms with Gasteiger partial charge in [-0.3, -0.25) is 14.5 Å². The van der Waals surface area contributed by atoms with Crippen LogP contribution in [0.3, 0.4) is 0 Å². The zero-order valence-electron chi connectivity index (χ0n) is 22.7. The van der Waals surface area contributed by atoms with Crippen LogP contribution in [0.2, 0.25) is 5.15 Å². The number of aromatic nitrogens is 5. The van der Waals surface area contributed by atoms with Crippen LogP contribution in [0.15, 0.2) is 35.5 Å². The average Bonchev–Trinajstić information content (AvgIpc) is 3.40. The molecule has 2 amide bonds. The summed E-state index contributed by atoms with van der Waals surface area (Å²) >= 11 is 5.84. The molecule has 0 bridgehead atoms. The number of rotatable bonds is 9. The van der Waals surface area contributed by atoms with E-state index in [1.165, 1.54) is 5.56 Å². The Morgan fingerprint density at radius 1 is 1.15 bits per heavy atom. The minimum atomic E-state index is -0.755. The van der Waals surface area contributed by atoms with Gasteiger partial charge in [0.2, 0.25) is 5.91 Å². The Morgan fingerprint density at radius 3 is 2.54 bits per heavy atom. The first-order chi connectivity index (χ1) is 19.6. The van der Waals surface area contributed by atoms with Crippen molar-refractivity contribution in [1.82, 2.24) is 40.1 Å². The predicted molar refractivity (Wildman–Crippen MR) is 155 cm³/mol. The van der Waals surface area contributed by atoms with E-state index in [9.17, 15) is 9.59 Å². The molecule has 4 rings (SSSR count). The molecule has 1 aliphatic rings. The normalized spacial score (nSPS) is 14.7. The minimum Gasteiger partial charge on any atom is -0.382 e. The van der Waals surface area contributed by atoms with Gasteiger partial charge < -0.3 is 33.2 Å². The fourth-order valence-electron chi connectivity index (χ4n) is 4.39. The summed E-state index contributed by atoms with van der Waals surface area (Å²) < 4.78 is 1.69. The van der Waals surface area contributed by atoms with Gasteiger partial charge in [-0.25, -0.2) is 14.6 Å². The zero-order valence-corrected chi connectivity index (χ0v) is 23.5.